The van der Waals surface area contributed by atoms with E-state index >= 15 is 0 Å². The quantitative estimate of drug-likeness (QED) is 0.689. The Hall–Kier alpha value is -0.160. The molecule has 0 aromatic carbocycles. The number of nitrogens with two attached hydrogens (primary N) is 1. The minimum atomic E-state index is -0.166. The van der Waals surface area contributed by atoms with E-state index in [1.54, 1.807) is 0 Å². The lowest BCUT2D eigenvalue weighted by Crippen LogP contribution is -2.54. The molecule has 0 radical (unpaired) electrons. The molecular formula is C11H22N2O2. The minimum Gasteiger partial charge on any atom is -0.394 e. The second kappa shape index (κ2) is 4.37. The van der Waals surface area contributed by atoms with Crippen molar-refractivity contribution in [3.05, 3.63) is 0 Å². The molecule has 15 heavy (non-hydrogen) atoms. The van der Waals surface area contributed by atoms with Crippen molar-refractivity contribution in [3.63, 3.8) is 0 Å². The number of ether oxygens (including phenoxy) is 1. The summed E-state index contributed by atoms with van der Waals surface area (Å²) in [6, 6.07) is 1.26. The molecule has 3 N–H and O–H groups in total. The van der Waals surface area contributed by atoms with E-state index in [4.69, 9.17) is 15.6 Å². The smallest absolute Gasteiger partial charge is 0.0835 e. The second-order valence-electron chi connectivity index (χ2n) is 4.92. The second-order valence-corrected chi connectivity index (χ2v) is 4.92. The summed E-state index contributed by atoms with van der Waals surface area (Å²) in [6.45, 7) is 1.08. The van der Waals surface area contributed by atoms with Gasteiger partial charge < -0.3 is 20.5 Å². The predicted octanol–water partition coefficient (Wildman–Crippen LogP) is -0.0506. The number of rotatable bonds is 4. The molecule has 2 rings (SSSR count). The highest BCUT2D eigenvalue weighted by atomic mass is 16.5. The van der Waals surface area contributed by atoms with E-state index in [0.29, 0.717) is 25.2 Å². The molecule has 2 saturated heterocycles. The molecule has 2 bridgehead atoms. The Morgan fingerprint density at radius 3 is 2.47 bits per heavy atom. The Morgan fingerprint density at radius 1 is 1.40 bits per heavy atom. The fourth-order valence-corrected chi connectivity index (χ4v) is 3.13. The maximum Gasteiger partial charge on any atom is 0.0835 e. The van der Waals surface area contributed by atoms with Crippen molar-refractivity contribution in [2.75, 3.05) is 26.8 Å². The van der Waals surface area contributed by atoms with Crippen LogP contribution >= 0.6 is 0 Å². The lowest BCUT2D eigenvalue weighted by atomic mass is 9.86. The van der Waals surface area contributed by atoms with Gasteiger partial charge in [-0.05, 0) is 32.7 Å². The molecule has 4 nitrogen and oxygen atoms in total. The normalized spacial score (nSPS) is 41.0. The first-order valence-corrected chi connectivity index (χ1v) is 5.87. The first-order chi connectivity index (χ1) is 7.21. The molecule has 0 saturated carbocycles. The Bertz CT molecular complexity index is 209. The maximum atomic E-state index is 8.83. The topological polar surface area (TPSA) is 58.7 Å². The minimum absolute atomic E-state index is 0.0902. The van der Waals surface area contributed by atoms with Crippen molar-refractivity contribution in [2.45, 2.75) is 43.4 Å². The van der Waals surface area contributed by atoms with E-state index in [9.17, 15) is 0 Å². The third kappa shape index (κ3) is 2.04. The lowest BCUT2D eigenvalue weighted by Gasteiger charge is -2.44. The molecule has 0 spiro atoms. The van der Waals surface area contributed by atoms with Crippen LogP contribution in [0, 0.1) is 0 Å². The van der Waals surface area contributed by atoms with Crippen LogP contribution in [0.3, 0.4) is 0 Å². The number of nitrogens with zero attached hydrogens (tertiary/aromatic N) is 1. The van der Waals surface area contributed by atoms with E-state index < -0.39 is 0 Å². The van der Waals surface area contributed by atoms with Crippen molar-refractivity contribution in [3.8, 4) is 0 Å². The number of aliphatic hydroxyl groups is 1. The Balaban J connectivity index is 2.02. The summed E-state index contributed by atoms with van der Waals surface area (Å²) < 4.78 is 5.80. The van der Waals surface area contributed by atoms with Crippen LogP contribution in [0.1, 0.15) is 25.7 Å². The largest absolute Gasteiger partial charge is 0.394 e. The van der Waals surface area contributed by atoms with Gasteiger partial charge in [-0.15, -0.1) is 0 Å². The highest BCUT2D eigenvalue weighted by molar-refractivity contribution is 5.02. The highest BCUT2D eigenvalue weighted by Gasteiger charge is 2.46. The lowest BCUT2D eigenvalue weighted by molar-refractivity contribution is -0.101. The van der Waals surface area contributed by atoms with Crippen molar-refractivity contribution in [1.29, 1.82) is 0 Å². The van der Waals surface area contributed by atoms with Gasteiger partial charge in [-0.1, -0.05) is 0 Å². The SMILES string of the molecule is CN1C2CCC1CC(CN)(OCCO)C2. The molecule has 2 fully saturated rings. The third-order valence-electron chi connectivity index (χ3n) is 4.07. The number of piperidine rings is 1. The van der Waals surface area contributed by atoms with E-state index in [0.717, 1.165) is 12.8 Å². The average Bonchev–Trinajstić information content (AvgIpc) is 2.51. The molecular weight excluding hydrogens is 192 g/mol. The zero-order valence-electron chi connectivity index (χ0n) is 9.48. The van der Waals surface area contributed by atoms with Gasteiger partial charge in [-0.3, -0.25) is 0 Å². The summed E-state index contributed by atoms with van der Waals surface area (Å²) in [5.41, 5.74) is 5.69. The average molecular weight is 214 g/mol. The Kier molecular flexibility index (Phi) is 3.30. The molecule has 0 aromatic rings. The highest BCUT2D eigenvalue weighted by Crippen LogP contribution is 2.41. The zero-order valence-corrected chi connectivity index (χ0v) is 9.48. The first-order valence-electron chi connectivity index (χ1n) is 5.87. The van der Waals surface area contributed by atoms with Gasteiger partial charge >= 0.3 is 0 Å². The van der Waals surface area contributed by atoms with Crippen LogP contribution < -0.4 is 5.73 Å². The number of fused-ring (bicyclic) bond motifs is 2. The van der Waals surface area contributed by atoms with Gasteiger partial charge in [-0.25, -0.2) is 0 Å². The van der Waals surface area contributed by atoms with E-state index in [1.165, 1.54) is 12.8 Å². The monoisotopic (exact) mass is 214 g/mol. The van der Waals surface area contributed by atoms with Crippen LogP contribution in [0.5, 0.6) is 0 Å². The van der Waals surface area contributed by atoms with Crippen molar-refractivity contribution >= 4 is 0 Å². The van der Waals surface area contributed by atoms with Crippen LogP contribution in [0.15, 0.2) is 0 Å². The van der Waals surface area contributed by atoms with Crippen LogP contribution in [-0.2, 0) is 4.74 Å². The molecule has 2 aliphatic rings. The van der Waals surface area contributed by atoms with Gasteiger partial charge in [0.2, 0.25) is 0 Å². The third-order valence-corrected chi connectivity index (χ3v) is 4.07. The summed E-state index contributed by atoms with van der Waals surface area (Å²) in [7, 11) is 2.20. The van der Waals surface area contributed by atoms with Crippen LogP contribution in [0.4, 0.5) is 0 Å². The van der Waals surface area contributed by atoms with Gasteiger partial charge in [0.15, 0.2) is 0 Å². The fraction of sp³-hybridized carbons (Fsp3) is 1.00. The molecule has 2 atom stereocenters. The molecule has 2 aliphatic heterocycles. The van der Waals surface area contributed by atoms with Crippen molar-refractivity contribution in [1.82, 2.24) is 4.90 Å². The Morgan fingerprint density at radius 2 is 2.00 bits per heavy atom. The van der Waals surface area contributed by atoms with Gasteiger partial charge in [-0.2, -0.15) is 0 Å². The van der Waals surface area contributed by atoms with Gasteiger partial charge in [0.05, 0.1) is 18.8 Å². The van der Waals surface area contributed by atoms with Crippen molar-refractivity contribution < 1.29 is 9.84 Å². The molecule has 0 aliphatic carbocycles. The first kappa shape index (κ1) is 11.3. The van der Waals surface area contributed by atoms with Gasteiger partial charge in [0.1, 0.15) is 0 Å². The molecule has 2 heterocycles. The number of hydrogen-bond acceptors (Lipinski definition) is 4. The molecule has 0 amide bonds. The van der Waals surface area contributed by atoms with Crippen molar-refractivity contribution in [2.24, 2.45) is 5.73 Å². The standard InChI is InChI=1S/C11H22N2O2/c1-13-9-2-3-10(13)7-11(6-9,8-12)15-5-4-14/h9-10,14H,2-8,12H2,1H3. The van der Waals surface area contributed by atoms with Gasteiger partial charge in [0.25, 0.3) is 0 Å². The fourth-order valence-electron chi connectivity index (χ4n) is 3.13. The van der Waals surface area contributed by atoms with E-state index in [1.807, 2.05) is 0 Å². The summed E-state index contributed by atoms with van der Waals surface area (Å²) in [5.74, 6) is 0. The summed E-state index contributed by atoms with van der Waals surface area (Å²) >= 11 is 0. The molecule has 2 unspecified atom stereocenters. The summed E-state index contributed by atoms with van der Waals surface area (Å²) in [5, 5.41) is 8.83. The predicted molar refractivity (Wildman–Crippen MR) is 58.6 cm³/mol. The van der Waals surface area contributed by atoms with E-state index in [-0.39, 0.29) is 12.2 Å². The van der Waals surface area contributed by atoms with Crippen LogP contribution in [-0.4, -0.2) is 54.5 Å². The number of hydrogen-bond donors (Lipinski definition) is 2. The van der Waals surface area contributed by atoms with Crippen LogP contribution in [0.25, 0.3) is 0 Å². The zero-order chi connectivity index (χ0) is 10.9. The summed E-state index contributed by atoms with van der Waals surface area (Å²) in [6.07, 6.45) is 4.59. The van der Waals surface area contributed by atoms with Crippen LogP contribution in [0.2, 0.25) is 0 Å². The van der Waals surface area contributed by atoms with E-state index in [2.05, 4.69) is 11.9 Å². The summed E-state index contributed by atoms with van der Waals surface area (Å²) in [4.78, 5) is 2.47. The molecule has 0 aromatic heterocycles. The number of aliphatic hydroxyl groups excluding tert-OH is 1. The Labute approximate surface area is 91.4 Å². The maximum absolute atomic E-state index is 8.83. The van der Waals surface area contributed by atoms with Gasteiger partial charge in [0, 0.05) is 18.6 Å². The molecule has 4 heteroatoms. The molecule has 88 valence electrons.